The molecule has 2 heterocycles. The Morgan fingerprint density at radius 3 is 3.00 bits per heavy atom. The van der Waals surface area contributed by atoms with Gasteiger partial charge in [0.2, 0.25) is 0 Å². The van der Waals surface area contributed by atoms with E-state index in [9.17, 15) is 9.90 Å². The van der Waals surface area contributed by atoms with Gasteiger partial charge in [-0.15, -0.1) is 0 Å². The first-order valence-electron chi connectivity index (χ1n) is 6.61. The quantitative estimate of drug-likeness (QED) is 0.868. The molecule has 6 heteroatoms. The van der Waals surface area contributed by atoms with Crippen LogP contribution in [0.1, 0.15) is 23.7 Å². The number of aromatic carboxylic acids is 1. The van der Waals surface area contributed by atoms with E-state index in [1.165, 1.54) is 12.1 Å². The van der Waals surface area contributed by atoms with Gasteiger partial charge in [0, 0.05) is 13.1 Å². The Bertz CT molecular complexity index is 652. The molecule has 3 rings (SSSR count). The number of hydrogen-bond acceptors (Lipinski definition) is 5. The molecule has 1 saturated heterocycles. The number of oxazole rings is 1. The third-order valence-corrected chi connectivity index (χ3v) is 3.75. The van der Waals surface area contributed by atoms with Crippen molar-refractivity contribution in [2.24, 2.45) is 5.92 Å². The van der Waals surface area contributed by atoms with E-state index < -0.39 is 5.97 Å². The average Bonchev–Trinajstić information content (AvgIpc) is 2.84. The standard InChI is InChI=1S/C14H16N2O4/c1-8-7-16(5-4-11(8)17)14-15-10-3-2-9(13(18)19)6-12(10)20-14/h2-3,6,8,11,17H,4-5,7H2,1H3,(H,18,19). The average molecular weight is 276 g/mol. The molecule has 1 aliphatic heterocycles. The molecule has 0 bridgehead atoms. The van der Waals surface area contributed by atoms with Gasteiger partial charge in [0.1, 0.15) is 5.52 Å². The van der Waals surface area contributed by atoms with Gasteiger partial charge >= 0.3 is 5.97 Å². The number of rotatable bonds is 2. The normalized spacial score (nSPS) is 23.2. The number of hydrogen-bond donors (Lipinski definition) is 2. The summed E-state index contributed by atoms with van der Waals surface area (Å²) in [6, 6.07) is 5.13. The van der Waals surface area contributed by atoms with Gasteiger partial charge < -0.3 is 19.5 Å². The smallest absolute Gasteiger partial charge is 0.335 e. The van der Waals surface area contributed by atoms with E-state index in [1.54, 1.807) is 6.07 Å². The minimum atomic E-state index is -0.987. The number of carboxylic acid groups (broad SMARTS) is 1. The van der Waals surface area contributed by atoms with Crippen LogP contribution >= 0.6 is 0 Å². The number of benzene rings is 1. The Hall–Kier alpha value is -2.08. The first kappa shape index (κ1) is 12.9. The number of fused-ring (bicyclic) bond motifs is 1. The number of aliphatic hydroxyl groups excluding tert-OH is 1. The van der Waals surface area contributed by atoms with Crippen molar-refractivity contribution in [2.45, 2.75) is 19.4 Å². The number of aromatic nitrogens is 1. The van der Waals surface area contributed by atoms with Crippen molar-refractivity contribution >= 4 is 23.1 Å². The van der Waals surface area contributed by atoms with Crippen LogP contribution < -0.4 is 4.90 Å². The molecular weight excluding hydrogens is 260 g/mol. The SMILES string of the molecule is CC1CN(c2nc3ccc(C(=O)O)cc3o2)CCC1O. The minimum Gasteiger partial charge on any atom is -0.478 e. The zero-order valence-corrected chi connectivity index (χ0v) is 11.1. The third kappa shape index (κ3) is 2.22. The number of carbonyl (C=O) groups is 1. The van der Waals surface area contributed by atoms with Crippen molar-refractivity contribution in [2.75, 3.05) is 18.0 Å². The largest absolute Gasteiger partial charge is 0.478 e. The number of piperidine rings is 1. The van der Waals surface area contributed by atoms with Gasteiger partial charge in [-0.3, -0.25) is 0 Å². The Kier molecular flexibility index (Phi) is 3.10. The van der Waals surface area contributed by atoms with E-state index >= 15 is 0 Å². The van der Waals surface area contributed by atoms with Crippen molar-refractivity contribution in [3.8, 4) is 0 Å². The van der Waals surface area contributed by atoms with Crippen molar-refractivity contribution in [1.29, 1.82) is 0 Å². The van der Waals surface area contributed by atoms with E-state index in [4.69, 9.17) is 9.52 Å². The number of anilines is 1. The van der Waals surface area contributed by atoms with Gasteiger partial charge in [0.25, 0.3) is 6.01 Å². The second-order valence-corrected chi connectivity index (χ2v) is 5.26. The highest BCUT2D eigenvalue weighted by atomic mass is 16.4. The number of nitrogens with zero attached hydrogens (tertiary/aromatic N) is 2. The lowest BCUT2D eigenvalue weighted by molar-refractivity contribution is 0.0697. The van der Waals surface area contributed by atoms with E-state index in [1.807, 2.05) is 11.8 Å². The van der Waals surface area contributed by atoms with Crippen molar-refractivity contribution < 1.29 is 19.4 Å². The molecule has 1 fully saturated rings. The summed E-state index contributed by atoms with van der Waals surface area (Å²) < 4.78 is 5.65. The molecule has 2 unspecified atom stereocenters. The fraction of sp³-hybridized carbons (Fsp3) is 0.429. The molecule has 2 aromatic rings. The maximum Gasteiger partial charge on any atom is 0.335 e. The van der Waals surface area contributed by atoms with Crippen LogP contribution in [0, 0.1) is 5.92 Å². The summed E-state index contributed by atoms with van der Waals surface area (Å²) in [5, 5.41) is 18.7. The van der Waals surface area contributed by atoms with E-state index in [-0.39, 0.29) is 17.6 Å². The molecule has 0 aliphatic carbocycles. The lowest BCUT2D eigenvalue weighted by Gasteiger charge is -2.33. The molecule has 1 aliphatic rings. The monoisotopic (exact) mass is 276 g/mol. The predicted molar refractivity (Wildman–Crippen MR) is 73.0 cm³/mol. The molecule has 20 heavy (non-hydrogen) atoms. The number of carboxylic acids is 1. The summed E-state index contributed by atoms with van der Waals surface area (Å²) in [6.07, 6.45) is 0.398. The maximum absolute atomic E-state index is 10.9. The van der Waals surface area contributed by atoms with Crippen LogP contribution in [0.3, 0.4) is 0 Å². The Morgan fingerprint density at radius 2 is 2.30 bits per heavy atom. The second-order valence-electron chi connectivity index (χ2n) is 5.26. The lowest BCUT2D eigenvalue weighted by Crippen LogP contribution is -2.42. The van der Waals surface area contributed by atoms with Crippen molar-refractivity contribution in [1.82, 2.24) is 4.98 Å². The van der Waals surface area contributed by atoms with Crippen molar-refractivity contribution in [3.63, 3.8) is 0 Å². The molecule has 0 spiro atoms. The third-order valence-electron chi connectivity index (χ3n) is 3.75. The highest BCUT2D eigenvalue weighted by Gasteiger charge is 2.27. The van der Waals surface area contributed by atoms with Crippen LogP contribution in [0.25, 0.3) is 11.1 Å². The minimum absolute atomic E-state index is 0.161. The highest BCUT2D eigenvalue weighted by Crippen LogP contribution is 2.27. The molecule has 106 valence electrons. The summed E-state index contributed by atoms with van der Waals surface area (Å²) in [5.41, 5.74) is 1.30. The van der Waals surface area contributed by atoms with Gasteiger partial charge in [0.15, 0.2) is 5.58 Å². The molecule has 1 aromatic carbocycles. The molecule has 0 amide bonds. The van der Waals surface area contributed by atoms with E-state index in [2.05, 4.69) is 4.98 Å². The molecule has 2 atom stereocenters. The summed E-state index contributed by atoms with van der Waals surface area (Å²) in [6.45, 7) is 3.35. The molecular formula is C14H16N2O4. The zero-order valence-electron chi connectivity index (χ0n) is 11.1. The first-order valence-corrected chi connectivity index (χ1v) is 6.61. The van der Waals surface area contributed by atoms with Gasteiger partial charge in [-0.25, -0.2) is 4.79 Å². The zero-order chi connectivity index (χ0) is 14.3. The topological polar surface area (TPSA) is 86.8 Å². The lowest BCUT2D eigenvalue weighted by atomic mass is 9.97. The van der Waals surface area contributed by atoms with Crippen LogP contribution in [0.4, 0.5) is 6.01 Å². The van der Waals surface area contributed by atoms with Crippen molar-refractivity contribution in [3.05, 3.63) is 23.8 Å². The Balaban J connectivity index is 1.91. The Labute approximate surface area is 115 Å². The Morgan fingerprint density at radius 1 is 1.50 bits per heavy atom. The second kappa shape index (κ2) is 4.79. The van der Waals surface area contributed by atoms with Gasteiger partial charge in [-0.05, 0) is 30.5 Å². The summed E-state index contributed by atoms with van der Waals surface area (Å²) >= 11 is 0. The van der Waals surface area contributed by atoms with E-state index in [0.29, 0.717) is 36.6 Å². The molecule has 2 N–H and O–H groups in total. The summed E-state index contributed by atoms with van der Waals surface area (Å²) in [4.78, 5) is 17.3. The van der Waals surface area contributed by atoms with Gasteiger partial charge in [0.05, 0.1) is 11.7 Å². The van der Waals surface area contributed by atoms with Crippen LogP contribution in [0.2, 0.25) is 0 Å². The molecule has 1 aromatic heterocycles. The fourth-order valence-corrected chi connectivity index (χ4v) is 2.49. The first-order chi connectivity index (χ1) is 9.54. The summed E-state index contributed by atoms with van der Waals surface area (Å²) in [7, 11) is 0. The predicted octanol–water partition coefficient (Wildman–Crippen LogP) is 1.73. The molecule has 6 nitrogen and oxygen atoms in total. The van der Waals surface area contributed by atoms with Crippen LogP contribution in [0.15, 0.2) is 22.6 Å². The molecule has 0 radical (unpaired) electrons. The molecule has 0 saturated carbocycles. The van der Waals surface area contributed by atoms with Gasteiger partial charge in [-0.2, -0.15) is 4.98 Å². The van der Waals surface area contributed by atoms with Crippen LogP contribution in [0.5, 0.6) is 0 Å². The maximum atomic E-state index is 10.9. The fourth-order valence-electron chi connectivity index (χ4n) is 2.49. The van der Waals surface area contributed by atoms with Crippen LogP contribution in [-0.4, -0.2) is 40.4 Å². The highest BCUT2D eigenvalue weighted by molar-refractivity contribution is 5.92. The van der Waals surface area contributed by atoms with Crippen LogP contribution in [-0.2, 0) is 0 Å². The van der Waals surface area contributed by atoms with E-state index in [0.717, 1.165) is 0 Å². The van der Waals surface area contributed by atoms with Gasteiger partial charge in [-0.1, -0.05) is 6.92 Å². The summed E-state index contributed by atoms with van der Waals surface area (Å²) in [5.74, 6) is -0.826. The number of aliphatic hydroxyl groups is 1.